The quantitative estimate of drug-likeness (QED) is 0.468. The number of nitrogens with zero attached hydrogens (tertiary/aromatic N) is 2. The molecule has 1 amide bonds. The minimum atomic E-state index is -0.106. The highest BCUT2D eigenvalue weighted by Crippen LogP contribution is 2.20. The first-order valence-corrected chi connectivity index (χ1v) is 10.1. The summed E-state index contributed by atoms with van der Waals surface area (Å²) in [4.78, 5) is 14.8. The van der Waals surface area contributed by atoms with Crippen LogP contribution >= 0.6 is 11.3 Å². The summed E-state index contributed by atoms with van der Waals surface area (Å²) >= 11 is 1.69. The monoisotopic (exact) mass is 400 g/mol. The van der Waals surface area contributed by atoms with E-state index in [1.165, 1.54) is 4.88 Å². The number of aryl methyl sites for hydroxylation is 1. The van der Waals surface area contributed by atoms with Gasteiger partial charge in [-0.2, -0.15) is 0 Å². The number of carbonyl (C=O) groups is 1. The molecule has 4 aromatic rings. The Hall–Kier alpha value is -3.51. The van der Waals surface area contributed by atoms with Crippen LogP contribution in [0.4, 0.5) is 11.5 Å². The Bertz CT molecular complexity index is 1110. The van der Waals surface area contributed by atoms with Crippen LogP contribution in [0.5, 0.6) is 0 Å². The van der Waals surface area contributed by atoms with E-state index in [4.69, 9.17) is 0 Å². The molecule has 2 N–H and O–H groups in total. The Labute approximate surface area is 173 Å². The molecule has 0 atom stereocenters. The van der Waals surface area contributed by atoms with Crippen molar-refractivity contribution in [2.45, 2.75) is 13.5 Å². The Morgan fingerprint density at radius 1 is 0.931 bits per heavy atom. The third kappa shape index (κ3) is 4.86. The van der Waals surface area contributed by atoms with Crippen LogP contribution in [0.1, 0.15) is 20.1 Å². The predicted octanol–water partition coefficient (Wildman–Crippen LogP) is 5.19. The van der Waals surface area contributed by atoms with Gasteiger partial charge in [0.05, 0.1) is 12.2 Å². The molecule has 0 saturated carbocycles. The van der Waals surface area contributed by atoms with Gasteiger partial charge in [-0.05, 0) is 49.4 Å². The van der Waals surface area contributed by atoms with Crippen molar-refractivity contribution in [1.29, 1.82) is 0 Å². The zero-order valence-electron chi connectivity index (χ0n) is 15.9. The molecule has 0 radical (unpaired) electrons. The van der Waals surface area contributed by atoms with Crippen molar-refractivity contribution in [3.05, 3.63) is 94.2 Å². The molecule has 4 rings (SSSR count). The van der Waals surface area contributed by atoms with E-state index in [0.717, 1.165) is 21.8 Å². The van der Waals surface area contributed by atoms with Crippen molar-refractivity contribution in [2.75, 3.05) is 5.32 Å². The molecule has 0 aliphatic carbocycles. The highest BCUT2D eigenvalue weighted by molar-refractivity contribution is 7.11. The molecule has 0 spiro atoms. The molecule has 144 valence electrons. The van der Waals surface area contributed by atoms with Crippen LogP contribution in [0.15, 0.2) is 78.9 Å². The van der Waals surface area contributed by atoms with E-state index in [2.05, 4.69) is 33.8 Å². The fourth-order valence-corrected chi connectivity index (χ4v) is 3.73. The number of nitrogens with one attached hydrogen (secondary N) is 2. The molecule has 0 aliphatic heterocycles. The van der Waals surface area contributed by atoms with Crippen molar-refractivity contribution in [2.24, 2.45) is 0 Å². The standard InChI is InChI=1S/C23H20N4OS/c1-16-10-11-20(29-16)15-24-23(28)18-8-5-9-19(14-18)25-22-13-12-21(26-27-22)17-6-3-2-4-7-17/h2-14H,15H2,1H3,(H,24,28)(H,25,27). The van der Waals surface area contributed by atoms with Gasteiger partial charge in [0, 0.05) is 26.6 Å². The minimum absolute atomic E-state index is 0.106. The summed E-state index contributed by atoms with van der Waals surface area (Å²) in [5, 5.41) is 14.7. The van der Waals surface area contributed by atoms with E-state index in [1.54, 1.807) is 17.4 Å². The van der Waals surface area contributed by atoms with E-state index in [1.807, 2.05) is 66.7 Å². The second-order valence-electron chi connectivity index (χ2n) is 6.57. The van der Waals surface area contributed by atoms with Crippen molar-refractivity contribution >= 4 is 28.7 Å². The van der Waals surface area contributed by atoms with Crippen LogP contribution in [0, 0.1) is 6.92 Å². The molecule has 0 unspecified atom stereocenters. The molecule has 0 bridgehead atoms. The lowest BCUT2D eigenvalue weighted by molar-refractivity contribution is 0.0951. The van der Waals surface area contributed by atoms with Crippen LogP contribution in [0.25, 0.3) is 11.3 Å². The molecule has 2 aromatic carbocycles. The van der Waals surface area contributed by atoms with Crippen LogP contribution in [-0.2, 0) is 6.54 Å². The zero-order valence-corrected chi connectivity index (χ0v) is 16.7. The summed E-state index contributed by atoms with van der Waals surface area (Å²) in [5.74, 6) is 0.515. The van der Waals surface area contributed by atoms with Gasteiger partial charge in [-0.1, -0.05) is 36.4 Å². The molecule has 0 saturated heterocycles. The van der Waals surface area contributed by atoms with E-state index in [0.29, 0.717) is 17.9 Å². The highest BCUT2D eigenvalue weighted by Gasteiger charge is 2.08. The Morgan fingerprint density at radius 3 is 2.52 bits per heavy atom. The summed E-state index contributed by atoms with van der Waals surface area (Å²) in [6, 6.07) is 25.1. The van der Waals surface area contributed by atoms with E-state index < -0.39 is 0 Å². The first kappa shape index (κ1) is 18.8. The third-order valence-electron chi connectivity index (χ3n) is 4.35. The molecule has 5 nitrogen and oxygen atoms in total. The normalized spacial score (nSPS) is 10.5. The average Bonchev–Trinajstić information content (AvgIpc) is 3.18. The summed E-state index contributed by atoms with van der Waals surface area (Å²) in [6.45, 7) is 2.59. The first-order chi connectivity index (χ1) is 14.2. The van der Waals surface area contributed by atoms with Gasteiger partial charge in [-0.25, -0.2) is 0 Å². The molecule has 29 heavy (non-hydrogen) atoms. The van der Waals surface area contributed by atoms with E-state index >= 15 is 0 Å². The van der Waals surface area contributed by atoms with Crippen LogP contribution in [-0.4, -0.2) is 16.1 Å². The third-order valence-corrected chi connectivity index (χ3v) is 5.35. The number of hydrogen-bond donors (Lipinski definition) is 2. The number of anilines is 2. The summed E-state index contributed by atoms with van der Waals surface area (Å²) in [5.41, 5.74) is 3.21. The largest absolute Gasteiger partial charge is 0.347 e. The van der Waals surface area contributed by atoms with Crippen LogP contribution in [0.2, 0.25) is 0 Å². The summed E-state index contributed by atoms with van der Waals surface area (Å²) < 4.78 is 0. The lowest BCUT2D eigenvalue weighted by atomic mass is 10.1. The molecule has 2 heterocycles. The van der Waals surface area contributed by atoms with Gasteiger partial charge in [0.15, 0.2) is 5.82 Å². The van der Waals surface area contributed by atoms with E-state index in [9.17, 15) is 4.79 Å². The number of hydrogen-bond acceptors (Lipinski definition) is 5. The van der Waals surface area contributed by atoms with Gasteiger partial charge < -0.3 is 10.6 Å². The fraction of sp³-hybridized carbons (Fsp3) is 0.0870. The highest BCUT2D eigenvalue weighted by atomic mass is 32.1. The SMILES string of the molecule is Cc1ccc(CNC(=O)c2cccc(Nc3ccc(-c4ccccc4)nn3)c2)s1. The molecule has 0 fully saturated rings. The van der Waals surface area contributed by atoms with Gasteiger partial charge in [0.1, 0.15) is 0 Å². The Balaban J connectivity index is 1.41. The first-order valence-electron chi connectivity index (χ1n) is 9.27. The van der Waals surface area contributed by atoms with Crippen molar-refractivity contribution in [3.63, 3.8) is 0 Å². The molecule has 0 aliphatic rings. The number of benzene rings is 2. The zero-order chi connectivity index (χ0) is 20.1. The maximum Gasteiger partial charge on any atom is 0.251 e. The maximum atomic E-state index is 12.5. The summed E-state index contributed by atoms with van der Waals surface area (Å²) in [6.07, 6.45) is 0. The van der Waals surface area contributed by atoms with Crippen LogP contribution < -0.4 is 10.6 Å². The number of aromatic nitrogens is 2. The van der Waals surface area contributed by atoms with Crippen molar-refractivity contribution in [1.82, 2.24) is 15.5 Å². The smallest absolute Gasteiger partial charge is 0.251 e. The van der Waals surface area contributed by atoms with Gasteiger partial charge >= 0.3 is 0 Å². The number of rotatable bonds is 6. The van der Waals surface area contributed by atoms with E-state index in [-0.39, 0.29) is 5.91 Å². The molecule has 2 aromatic heterocycles. The molecule has 6 heteroatoms. The summed E-state index contributed by atoms with van der Waals surface area (Å²) in [7, 11) is 0. The Morgan fingerprint density at radius 2 is 1.79 bits per heavy atom. The van der Waals surface area contributed by atoms with Gasteiger partial charge in [-0.3, -0.25) is 4.79 Å². The van der Waals surface area contributed by atoms with Gasteiger partial charge in [0.2, 0.25) is 0 Å². The van der Waals surface area contributed by atoms with Crippen molar-refractivity contribution < 1.29 is 4.79 Å². The fourth-order valence-electron chi connectivity index (χ4n) is 2.90. The molecular formula is C23H20N4OS. The topological polar surface area (TPSA) is 66.9 Å². The van der Waals surface area contributed by atoms with Gasteiger partial charge in [-0.15, -0.1) is 21.5 Å². The average molecular weight is 401 g/mol. The van der Waals surface area contributed by atoms with Crippen LogP contribution in [0.3, 0.4) is 0 Å². The second kappa shape index (κ2) is 8.67. The number of amides is 1. The predicted molar refractivity (Wildman–Crippen MR) is 117 cm³/mol. The molecular weight excluding hydrogens is 380 g/mol. The maximum absolute atomic E-state index is 12.5. The van der Waals surface area contributed by atoms with Crippen molar-refractivity contribution in [3.8, 4) is 11.3 Å². The second-order valence-corrected chi connectivity index (χ2v) is 7.94. The number of thiophene rings is 1. The lowest BCUT2D eigenvalue weighted by Gasteiger charge is -2.08. The lowest BCUT2D eigenvalue weighted by Crippen LogP contribution is -2.22. The number of carbonyl (C=O) groups excluding carboxylic acids is 1. The van der Waals surface area contributed by atoms with Gasteiger partial charge in [0.25, 0.3) is 5.91 Å². The minimum Gasteiger partial charge on any atom is -0.347 e. The Kier molecular flexibility index (Phi) is 5.63.